The highest BCUT2D eigenvalue weighted by molar-refractivity contribution is 7.89. The molecular weight excluding hydrogens is 300 g/mol. The summed E-state index contributed by atoms with van der Waals surface area (Å²) < 4.78 is 31.0. The maximum Gasteiger partial charge on any atom is 0.291 e. The number of hydrogen-bond acceptors (Lipinski definition) is 7. The predicted octanol–water partition coefficient (Wildman–Crippen LogP) is 0.537. The van der Waals surface area contributed by atoms with Gasteiger partial charge in [0.2, 0.25) is 10.0 Å². The Morgan fingerprint density at radius 2 is 2.14 bits per heavy atom. The minimum Gasteiger partial charge on any atom is -0.383 e. The van der Waals surface area contributed by atoms with Crippen LogP contribution in [0.15, 0.2) is 23.1 Å². The SMILES string of the molecule is CCN(CCOC)S(=O)(=O)c1ccc(NN)cc1[N+](=O)[O-]. The van der Waals surface area contributed by atoms with Crippen LogP contribution in [0.1, 0.15) is 6.92 Å². The van der Waals surface area contributed by atoms with Crippen molar-refractivity contribution in [1.82, 2.24) is 4.31 Å². The first kappa shape index (κ1) is 17.3. The molecule has 0 heterocycles. The average Bonchev–Trinajstić information content (AvgIpc) is 2.47. The number of nitrogens with two attached hydrogens (primary N) is 1. The second-order valence-corrected chi connectivity index (χ2v) is 5.98. The van der Waals surface area contributed by atoms with E-state index in [-0.39, 0.29) is 30.3 Å². The van der Waals surface area contributed by atoms with Gasteiger partial charge in [-0.25, -0.2) is 8.42 Å². The molecule has 0 aliphatic rings. The fraction of sp³-hybridized carbons (Fsp3) is 0.455. The number of anilines is 1. The smallest absolute Gasteiger partial charge is 0.291 e. The number of sulfonamides is 1. The molecule has 0 aliphatic carbocycles. The summed E-state index contributed by atoms with van der Waals surface area (Å²) in [6, 6.07) is 3.61. The van der Waals surface area contributed by atoms with Crippen LogP contribution in [0.4, 0.5) is 11.4 Å². The zero-order valence-corrected chi connectivity index (χ0v) is 12.6. The van der Waals surface area contributed by atoms with Crippen molar-refractivity contribution in [2.45, 2.75) is 11.8 Å². The molecule has 0 saturated carbocycles. The van der Waals surface area contributed by atoms with Crippen LogP contribution in [0.5, 0.6) is 0 Å². The summed E-state index contributed by atoms with van der Waals surface area (Å²) >= 11 is 0. The minimum absolute atomic E-state index is 0.114. The molecule has 1 aromatic carbocycles. The Hall–Kier alpha value is -1.75. The van der Waals surface area contributed by atoms with Gasteiger partial charge in [0.05, 0.1) is 17.2 Å². The summed E-state index contributed by atoms with van der Waals surface area (Å²) in [5, 5.41) is 11.1. The van der Waals surface area contributed by atoms with Crippen LogP contribution in [0.3, 0.4) is 0 Å². The fourth-order valence-electron chi connectivity index (χ4n) is 1.75. The van der Waals surface area contributed by atoms with E-state index in [2.05, 4.69) is 5.43 Å². The van der Waals surface area contributed by atoms with Gasteiger partial charge < -0.3 is 10.2 Å². The van der Waals surface area contributed by atoms with Gasteiger partial charge in [-0.15, -0.1) is 0 Å². The van der Waals surface area contributed by atoms with Gasteiger partial charge >= 0.3 is 0 Å². The Morgan fingerprint density at radius 3 is 2.62 bits per heavy atom. The number of likely N-dealkylation sites (N-methyl/N-ethyl adjacent to an activating group) is 1. The van der Waals surface area contributed by atoms with E-state index in [1.807, 2.05) is 0 Å². The molecule has 1 aromatic rings. The van der Waals surface area contributed by atoms with Gasteiger partial charge in [0, 0.05) is 26.3 Å². The van der Waals surface area contributed by atoms with Crippen molar-refractivity contribution in [2.24, 2.45) is 5.84 Å². The topological polar surface area (TPSA) is 128 Å². The lowest BCUT2D eigenvalue weighted by molar-refractivity contribution is -0.387. The Kier molecular flexibility index (Phi) is 6.03. The molecule has 0 aromatic heterocycles. The van der Waals surface area contributed by atoms with Gasteiger partial charge in [-0.2, -0.15) is 4.31 Å². The summed E-state index contributed by atoms with van der Waals surface area (Å²) in [6.45, 7) is 2.14. The molecule has 0 saturated heterocycles. The molecule has 0 aliphatic heterocycles. The highest BCUT2D eigenvalue weighted by atomic mass is 32.2. The van der Waals surface area contributed by atoms with E-state index < -0.39 is 20.6 Å². The monoisotopic (exact) mass is 318 g/mol. The van der Waals surface area contributed by atoms with Crippen molar-refractivity contribution in [3.8, 4) is 0 Å². The molecule has 3 N–H and O–H groups in total. The third kappa shape index (κ3) is 3.88. The van der Waals surface area contributed by atoms with Gasteiger partial charge in [0.25, 0.3) is 5.69 Å². The number of hydrazine groups is 1. The molecule has 0 bridgehead atoms. The number of ether oxygens (including phenoxy) is 1. The molecule has 0 unspecified atom stereocenters. The number of nitrogens with one attached hydrogen (secondary N) is 1. The van der Waals surface area contributed by atoms with Crippen molar-refractivity contribution < 1.29 is 18.1 Å². The Bertz CT molecular complexity index is 605. The normalized spacial score (nSPS) is 11.6. The highest BCUT2D eigenvalue weighted by Gasteiger charge is 2.30. The summed E-state index contributed by atoms with van der Waals surface area (Å²) in [7, 11) is -2.53. The molecule has 0 fully saturated rings. The zero-order chi connectivity index (χ0) is 16.0. The van der Waals surface area contributed by atoms with Crippen molar-refractivity contribution in [3.63, 3.8) is 0 Å². The molecule has 10 heteroatoms. The standard InChI is InChI=1S/C11H18N4O5S/c1-3-14(6-7-20-2)21(18,19)11-5-4-9(13-12)8-10(11)15(16)17/h4-5,8,13H,3,6-7,12H2,1-2H3. The molecule has 0 radical (unpaired) electrons. The molecule has 118 valence electrons. The van der Waals surface area contributed by atoms with Gasteiger partial charge in [-0.05, 0) is 12.1 Å². The fourth-order valence-corrected chi connectivity index (χ4v) is 3.32. The first-order chi connectivity index (χ1) is 9.88. The van der Waals surface area contributed by atoms with Crippen LogP contribution < -0.4 is 11.3 Å². The van der Waals surface area contributed by atoms with Crippen molar-refractivity contribution in [3.05, 3.63) is 28.3 Å². The number of nitrogen functional groups attached to an aromatic ring is 1. The first-order valence-electron chi connectivity index (χ1n) is 6.12. The van der Waals surface area contributed by atoms with E-state index in [0.717, 1.165) is 16.4 Å². The second kappa shape index (κ2) is 7.31. The van der Waals surface area contributed by atoms with Crippen LogP contribution >= 0.6 is 0 Å². The number of nitro benzene ring substituents is 1. The predicted molar refractivity (Wildman–Crippen MR) is 77.2 cm³/mol. The molecule has 0 atom stereocenters. The lowest BCUT2D eigenvalue weighted by atomic mass is 10.3. The van der Waals surface area contributed by atoms with Gasteiger partial charge in [0.15, 0.2) is 4.90 Å². The van der Waals surface area contributed by atoms with E-state index in [0.29, 0.717) is 0 Å². The lowest BCUT2D eigenvalue weighted by Gasteiger charge is -2.20. The second-order valence-electron chi connectivity index (χ2n) is 4.07. The molecule has 0 amide bonds. The van der Waals surface area contributed by atoms with Crippen LogP contribution in [0.25, 0.3) is 0 Å². The van der Waals surface area contributed by atoms with E-state index in [1.165, 1.54) is 13.2 Å². The summed E-state index contributed by atoms with van der Waals surface area (Å²) in [6.07, 6.45) is 0. The van der Waals surface area contributed by atoms with Gasteiger partial charge in [0.1, 0.15) is 0 Å². The molecule has 21 heavy (non-hydrogen) atoms. The zero-order valence-electron chi connectivity index (χ0n) is 11.8. The number of nitrogens with zero attached hydrogens (tertiary/aromatic N) is 2. The van der Waals surface area contributed by atoms with Gasteiger partial charge in [-0.1, -0.05) is 6.92 Å². The van der Waals surface area contributed by atoms with Crippen molar-refractivity contribution >= 4 is 21.4 Å². The first-order valence-corrected chi connectivity index (χ1v) is 7.56. The largest absolute Gasteiger partial charge is 0.383 e. The molecular formula is C11H18N4O5S. The molecule has 1 rings (SSSR count). The Labute approximate surface area is 122 Å². The quantitative estimate of drug-likeness (QED) is 0.406. The van der Waals surface area contributed by atoms with E-state index in [1.54, 1.807) is 6.92 Å². The number of methoxy groups -OCH3 is 1. The average molecular weight is 318 g/mol. The van der Waals surface area contributed by atoms with Crippen molar-refractivity contribution in [2.75, 3.05) is 32.2 Å². The summed E-state index contributed by atoms with van der Waals surface area (Å²) in [5.74, 6) is 5.18. The number of benzene rings is 1. The molecule has 0 spiro atoms. The van der Waals surface area contributed by atoms with E-state index in [4.69, 9.17) is 10.6 Å². The third-order valence-corrected chi connectivity index (χ3v) is 4.86. The van der Waals surface area contributed by atoms with Crippen LogP contribution in [0.2, 0.25) is 0 Å². The maximum absolute atomic E-state index is 12.5. The number of hydrogen-bond donors (Lipinski definition) is 2. The van der Waals surface area contributed by atoms with Crippen molar-refractivity contribution in [1.29, 1.82) is 0 Å². The minimum atomic E-state index is -3.98. The van der Waals surface area contributed by atoms with Crippen LogP contribution in [-0.2, 0) is 14.8 Å². The number of nitro groups is 1. The van der Waals surface area contributed by atoms with Crippen LogP contribution in [-0.4, -0.2) is 44.5 Å². The van der Waals surface area contributed by atoms with E-state index >= 15 is 0 Å². The van der Waals surface area contributed by atoms with Crippen LogP contribution in [0, 0.1) is 10.1 Å². The maximum atomic E-state index is 12.5. The lowest BCUT2D eigenvalue weighted by Crippen LogP contribution is -2.34. The highest BCUT2D eigenvalue weighted by Crippen LogP contribution is 2.29. The van der Waals surface area contributed by atoms with Gasteiger partial charge in [-0.3, -0.25) is 16.0 Å². The Balaban J connectivity index is 3.32. The summed E-state index contributed by atoms with van der Waals surface area (Å²) in [5.41, 5.74) is 1.97. The third-order valence-electron chi connectivity index (χ3n) is 2.84. The number of rotatable bonds is 8. The Morgan fingerprint density at radius 1 is 1.48 bits per heavy atom. The summed E-state index contributed by atoms with van der Waals surface area (Å²) in [4.78, 5) is 9.97. The van der Waals surface area contributed by atoms with E-state index in [9.17, 15) is 18.5 Å². The molecule has 9 nitrogen and oxygen atoms in total.